The van der Waals surface area contributed by atoms with E-state index < -0.39 is 19.9 Å². The molecule has 1 amide bonds. The van der Waals surface area contributed by atoms with Gasteiger partial charge in [0.2, 0.25) is 15.9 Å². The molecule has 32 heavy (non-hydrogen) atoms. The van der Waals surface area contributed by atoms with Gasteiger partial charge in [-0.2, -0.15) is 0 Å². The number of sulfonamides is 1. The number of anilines is 1. The third-order valence-corrected chi connectivity index (χ3v) is 7.11. The average molecular weight is 483 g/mol. The average Bonchev–Trinajstić information content (AvgIpc) is 2.71. The molecule has 0 aliphatic carbocycles. The third kappa shape index (κ3) is 7.52. The van der Waals surface area contributed by atoms with Crippen LogP contribution >= 0.6 is 0 Å². The van der Waals surface area contributed by atoms with Crippen molar-refractivity contribution in [3.63, 3.8) is 0 Å². The van der Waals surface area contributed by atoms with Crippen LogP contribution in [-0.4, -0.2) is 48.4 Å². The van der Waals surface area contributed by atoms with Gasteiger partial charge in [-0.3, -0.25) is 9.10 Å². The molecule has 2 aromatic rings. The Hall–Kier alpha value is -2.59. The molecule has 0 radical (unpaired) electrons. The molecule has 176 valence electrons. The van der Waals surface area contributed by atoms with Crippen LogP contribution < -0.4 is 14.4 Å². The van der Waals surface area contributed by atoms with E-state index in [0.717, 1.165) is 18.1 Å². The number of hydrogen-bond acceptors (Lipinski definition) is 6. The Kier molecular flexibility index (Phi) is 8.68. The quantitative estimate of drug-likeness (QED) is 0.527. The highest BCUT2D eigenvalue weighted by molar-refractivity contribution is 7.92. The third-order valence-electron chi connectivity index (χ3n) is 4.79. The second-order valence-corrected chi connectivity index (χ2v) is 11.4. The van der Waals surface area contributed by atoms with Crippen LogP contribution in [0, 0.1) is 0 Å². The van der Waals surface area contributed by atoms with Crippen LogP contribution in [0.5, 0.6) is 5.75 Å². The summed E-state index contributed by atoms with van der Waals surface area (Å²) >= 11 is 0. The van der Waals surface area contributed by atoms with Crippen LogP contribution in [0.25, 0.3) is 0 Å². The SMILES string of the molecule is CCOc1ccc(N(CCCC(=O)N[C@@H](C)c2ccc(S(C)(=O)=O)cc2)S(C)(=O)=O)cc1. The first-order valence-electron chi connectivity index (χ1n) is 10.2. The summed E-state index contributed by atoms with van der Waals surface area (Å²) in [6, 6.07) is 12.8. The standard InChI is InChI=1S/C22H30N2O6S2/c1-5-30-20-12-10-19(11-13-20)24(32(4,28)29)16-6-7-22(25)23-17(2)18-8-14-21(15-9-18)31(3,26)27/h8-15,17H,5-7,16H2,1-4H3,(H,23,25)/t17-/m0/s1. The highest BCUT2D eigenvalue weighted by Gasteiger charge is 2.18. The fourth-order valence-electron chi connectivity index (χ4n) is 3.15. The molecule has 1 atom stereocenters. The molecule has 0 spiro atoms. The second kappa shape index (κ2) is 10.8. The smallest absolute Gasteiger partial charge is 0.232 e. The largest absolute Gasteiger partial charge is 0.494 e. The molecule has 0 unspecified atom stereocenters. The van der Waals surface area contributed by atoms with E-state index in [2.05, 4.69) is 5.32 Å². The zero-order valence-electron chi connectivity index (χ0n) is 18.7. The molecule has 0 aromatic heterocycles. The number of benzene rings is 2. The van der Waals surface area contributed by atoms with Crippen LogP contribution in [0.1, 0.15) is 38.3 Å². The molecule has 0 fully saturated rings. The first kappa shape index (κ1) is 25.7. The van der Waals surface area contributed by atoms with E-state index in [-0.39, 0.29) is 29.8 Å². The number of hydrogen-bond donors (Lipinski definition) is 1. The lowest BCUT2D eigenvalue weighted by molar-refractivity contribution is -0.121. The Balaban J connectivity index is 1.94. The molecule has 1 N–H and O–H groups in total. The Bertz CT molecular complexity index is 1110. The number of ether oxygens (including phenoxy) is 1. The van der Waals surface area contributed by atoms with E-state index >= 15 is 0 Å². The molecule has 0 saturated carbocycles. The molecule has 0 saturated heterocycles. The van der Waals surface area contributed by atoms with Gasteiger partial charge < -0.3 is 10.1 Å². The predicted molar refractivity (Wildman–Crippen MR) is 125 cm³/mol. The zero-order valence-corrected chi connectivity index (χ0v) is 20.4. The fourth-order valence-corrected chi connectivity index (χ4v) is 4.74. The van der Waals surface area contributed by atoms with Crippen molar-refractivity contribution >= 4 is 31.5 Å². The Morgan fingerprint density at radius 2 is 1.59 bits per heavy atom. The summed E-state index contributed by atoms with van der Waals surface area (Å²) in [6.45, 7) is 4.35. The van der Waals surface area contributed by atoms with Crippen LogP contribution in [0.4, 0.5) is 5.69 Å². The van der Waals surface area contributed by atoms with Crippen LogP contribution in [-0.2, 0) is 24.7 Å². The van der Waals surface area contributed by atoms with Gasteiger partial charge in [0, 0.05) is 19.2 Å². The van der Waals surface area contributed by atoms with Gasteiger partial charge in [0.15, 0.2) is 9.84 Å². The van der Waals surface area contributed by atoms with Crippen molar-refractivity contribution in [3.05, 3.63) is 54.1 Å². The molecule has 0 bridgehead atoms. The summed E-state index contributed by atoms with van der Waals surface area (Å²) in [5, 5.41) is 2.86. The summed E-state index contributed by atoms with van der Waals surface area (Å²) in [5.74, 6) is 0.437. The monoisotopic (exact) mass is 482 g/mol. The molecule has 8 nitrogen and oxygen atoms in total. The molecule has 0 aliphatic rings. The van der Waals surface area contributed by atoms with Gasteiger partial charge >= 0.3 is 0 Å². The van der Waals surface area contributed by atoms with Crippen molar-refractivity contribution in [3.8, 4) is 5.75 Å². The number of rotatable bonds is 11. The minimum Gasteiger partial charge on any atom is -0.494 e. The van der Waals surface area contributed by atoms with Crippen molar-refractivity contribution in [1.29, 1.82) is 0 Å². The minimum atomic E-state index is -3.51. The van der Waals surface area contributed by atoms with Gasteiger partial charge in [-0.1, -0.05) is 12.1 Å². The first-order chi connectivity index (χ1) is 14.9. The van der Waals surface area contributed by atoms with E-state index in [1.165, 1.54) is 16.4 Å². The van der Waals surface area contributed by atoms with Crippen molar-refractivity contribution in [1.82, 2.24) is 5.32 Å². The normalized spacial score (nSPS) is 12.8. The first-order valence-corrected chi connectivity index (χ1v) is 14.0. The number of nitrogens with zero attached hydrogens (tertiary/aromatic N) is 1. The molecule has 2 rings (SSSR count). The van der Waals surface area contributed by atoms with E-state index in [4.69, 9.17) is 4.74 Å². The van der Waals surface area contributed by atoms with Gasteiger partial charge in [-0.15, -0.1) is 0 Å². The van der Waals surface area contributed by atoms with Gasteiger partial charge in [-0.25, -0.2) is 16.8 Å². The number of carbonyl (C=O) groups is 1. The lowest BCUT2D eigenvalue weighted by Crippen LogP contribution is -2.32. The van der Waals surface area contributed by atoms with Gasteiger partial charge in [0.05, 0.1) is 29.5 Å². The van der Waals surface area contributed by atoms with Crippen LogP contribution in [0.2, 0.25) is 0 Å². The lowest BCUT2D eigenvalue weighted by atomic mass is 10.1. The summed E-state index contributed by atoms with van der Waals surface area (Å²) < 4.78 is 54.2. The molecule has 2 aromatic carbocycles. The number of carbonyl (C=O) groups excluding carboxylic acids is 1. The van der Waals surface area contributed by atoms with Crippen molar-refractivity contribution < 1.29 is 26.4 Å². The number of nitrogens with one attached hydrogen (secondary N) is 1. The van der Waals surface area contributed by atoms with E-state index in [1.54, 1.807) is 43.3 Å². The van der Waals surface area contributed by atoms with Crippen molar-refractivity contribution in [2.24, 2.45) is 0 Å². The summed E-state index contributed by atoms with van der Waals surface area (Å²) in [5.41, 5.74) is 1.29. The molecular formula is C22H30N2O6S2. The van der Waals surface area contributed by atoms with E-state index in [9.17, 15) is 21.6 Å². The Labute approximate surface area is 190 Å². The molecular weight excluding hydrogens is 452 g/mol. The maximum atomic E-state index is 12.3. The summed E-state index contributed by atoms with van der Waals surface area (Å²) in [6.07, 6.45) is 2.76. The lowest BCUT2D eigenvalue weighted by Gasteiger charge is -2.23. The highest BCUT2D eigenvalue weighted by Crippen LogP contribution is 2.22. The molecule has 0 heterocycles. The zero-order chi connectivity index (χ0) is 23.9. The molecule has 10 heteroatoms. The van der Waals surface area contributed by atoms with Crippen molar-refractivity contribution in [2.45, 2.75) is 37.6 Å². The van der Waals surface area contributed by atoms with Gasteiger partial charge in [-0.05, 0) is 62.2 Å². The van der Waals surface area contributed by atoms with Crippen molar-refractivity contribution in [2.75, 3.05) is 30.0 Å². The van der Waals surface area contributed by atoms with E-state index in [1.807, 2.05) is 6.92 Å². The Morgan fingerprint density at radius 3 is 2.09 bits per heavy atom. The van der Waals surface area contributed by atoms with Crippen LogP contribution in [0.15, 0.2) is 53.4 Å². The molecule has 0 aliphatic heterocycles. The maximum Gasteiger partial charge on any atom is 0.232 e. The number of amides is 1. The fraction of sp³-hybridized carbons (Fsp3) is 0.409. The minimum absolute atomic E-state index is 0.148. The second-order valence-electron chi connectivity index (χ2n) is 7.50. The topological polar surface area (TPSA) is 110 Å². The summed E-state index contributed by atoms with van der Waals surface area (Å²) in [4.78, 5) is 12.6. The van der Waals surface area contributed by atoms with Crippen LogP contribution in [0.3, 0.4) is 0 Å². The maximum absolute atomic E-state index is 12.3. The Morgan fingerprint density at radius 1 is 1.00 bits per heavy atom. The van der Waals surface area contributed by atoms with E-state index in [0.29, 0.717) is 24.5 Å². The number of sulfone groups is 1. The summed E-state index contributed by atoms with van der Waals surface area (Å²) in [7, 11) is -6.79. The predicted octanol–water partition coefficient (Wildman–Crippen LogP) is 2.91. The van der Waals surface area contributed by atoms with Gasteiger partial charge in [0.25, 0.3) is 0 Å². The van der Waals surface area contributed by atoms with Gasteiger partial charge in [0.1, 0.15) is 5.75 Å². The highest BCUT2D eigenvalue weighted by atomic mass is 32.2.